The van der Waals surface area contributed by atoms with E-state index in [4.69, 9.17) is 14.6 Å². The van der Waals surface area contributed by atoms with Crippen molar-refractivity contribution in [2.45, 2.75) is 77.6 Å². The highest BCUT2D eigenvalue weighted by atomic mass is 16.6. The molecule has 0 aromatic carbocycles. The number of likely N-dealkylation sites (tertiary alicyclic amines) is 1. The maximum Gasteiger partial charge on any atom is 0.408 e. The molecule has 3 unspecified atom stereocenters. The van der Waals surface area contributed by atoms with E-state index in [1.165, 1.54) is 13.3 Å². The van der Waals surface area contributed by atoms with Crippen LogP contribution in [-0.2, 0) is 19.1 Å². The molecule has 28 heavy (non-hydrogen) atoms. The van der Waals surface area contributed by atoms with E-state index < -0.39 is 17.7 Å². The van der Waals surface area contributed by atoms with Crippen molar-refractivity contribution < 1.29 is 29.0 Å². The van der Waals surface area contributed by atoms with Crippen molar-refractivity contribution in [2.24, 2.45) is 0 Å². The summed E-state index contributed by atoms with van der Waals surface area (Å²) in [5.74, 6) is -0.105. The van der Waals surface area contributed by atoms with Gasteiger partial charge in [0.1, 0.15) is 17.9 Å². The Kier molecular flexibility index (Phi) is 11.4. The summed E-state index contributed by atoms with van der Waals surface area (Å²) < 4.78 is 5.16. The molecule has 0 radical (unpaired) electrons. The normalized spacial score (nSPS) is 20.4. The molecular formula is C19H35N3O6. The number of amides is 2. The summed E-state index contributed by atoms with van der Waals surface area (Å²) in [6, 6.07) is 0.233. The van der Waals surface area contributed by atoms with E-state index in [-0.39, 0.29) is 18.9 Å². The summed E-state index contributed by atoms with van der Waals surface area (Å²) in [4.78, 5) is 47.4. The first-order chi connectivity index (χ1) is 12.9. The number of hydrogen-bond donors (Lipinski definition) is 2. The van der Waals surface area contributed by atoms with E-state index in [1.54, 1.807) is 25.7 Å². The predicted octanol–water partition coefficient (Wildman–Crippen LogP) is 1.50. The first-order valence-corrected chi connectivity index (χ1v) is 9.45. The molecule has 1 heterocycles. The molecule has 9 heteroatoms. The average molecular weight is 402 g/mol. The molecule has 2 N–H and O–H groups in total. The molecule has 1 rings (SSSR count). The van der Waals surface area contributed by atoms with Crippen LogP contribution >= 0.6 is 0 Å². The van der Waals surface area contributed by atoms with E-state index in [9.17, 15) is 14.4 Å². The highest BCUT2D eigenvalue weighted by Gasteiger charge is 2.28. The molecule has 1 aliphatic heterocycles. The largest absolute Gasteiger partial charge is 0.483 e. The number of carbonyl (C=O) groups excluding carboxylic acids is 3. The zero-order valence-corrected chi connectivity index (χ0v) is 17.8. The van der Waals surface area contributed by atoms with Gasteiger partial charge in [-0.3, -0.25) is 9.59 Å². The molecule has 0 aromatic heterocycles. The minimum atomic E-state index is -0.779. The Morgan fingerprint density at radius 1 is 1.32 bits per heavy atom. The van der Waals surface area contributed by atoms with Crippen molar-refractivity contribution in [1.82, 2.24) is 15.1 Å². The number of carboxylic acid groups (broad SMARTS) is 1. The van der Waals surface area contributed by atoms with E-state index in [2.05, 4.69) is 24.2 Å². The van der Waals surface area contributed by atoms with Gasteiger partial charge < -0.3 is 29.8 Å². The summed E-state index contributed by atoms with van der Waals surface area (Å²) in [5, 5.41) is 9.41. The van der Waals surface area contributed by atoms with Crippen molar-refractivity contribution in [3.8, 4) is 0 Å². The van der Waals surface area contributed by atoms with Crippen LogP contribution in [0.15, 0.2) is 0 Å². The van der Waals surface area contributed by atoms with Crippen LogP contribution in [0.25, 0.3) is 0 Å². The molecule has 162 valence electrons. The third-order valence-corrected chi connectivity index (χ3v) is 4.65. The average Bonchev–Trinajstić information content (AvgIpc) is 2.88. The first-order valence-electron chi connectivity index (χ1n) is 9.45. The van der Waals surface area contributed by atoms with Gasteiger partial charge in [-0.2, -0.15) is 0 Å². The second kappa shape index (κ2) is 12.3. The van der Waals surface area contributed by atoms with Crippen LogP contribution in [0.4, 0.5) is 4.79 Å². The van der Waals surface area contributed by atoms with Crippen LogP contribution in [0.5, 0.6) is 0 Å². The predicted molar refractivity (Wildman–Crippen MR) is 105 cm³/mol. The lowest BCUT2D eigenvalue weighted by atomic mass is 10.1. The lowest BCUT2D eigenvalue weighted by Gasteiger charge is -2.29. The van der Waals surface area contributed by atoms with Gasteiger partial charge in [-0.15, -0.1) is 0 Å². The second-order valence-electron chi connectivity index (χ2n) is 7.99. The topological polar surface area (TPSA) is 116 Å². The standard InChI is InChI=1S/C18H33N3O4.CH2O2/c1-13-7-8-16(20(13)6)9-10-21(14(2)23)11-15(12-22)19-17(24)25-18(3,4)5;2-1-3/h12-13,15-16H,7-11H2,1-6H3,(H,19,24);1H,(H,2,3). The van der Waals surface area contributed by atoms with Crippen molar-refractivity contribution in [3.63, 3.8) is 0 Å². The van der Waals surface area contributed by atoms with Gasteiger partial charge >= 0.3 is 6.09 Å². The minimum Gasteiger partial charge on any atom is -0.483 e. The third kappa shape index (κ3) is 10.2. The fraction of sp³-hybridized carbons (Fsp3) is 0.789. The molecule has 0 aliphatic carbocycles. The lowest BCUT2D eigenvalue weighted by Crippen LogP contribution is -2.48. The van der Waals surface area contributed by atoms with Crippen LogP contribution in [0.1, 0.15) is 53.9 Å². The summed E-state index contributed by atoms with van der Waals surface area (Å²) in [5.41, 5.74) is -0.637. The molecule has 0 saturated carbocycles. The Morgan fingerprint density at radius 2 is 1.89 bits per heavy atom. The molecule has 1 aliphatic rings. The number of rotatable bonds is 7. The SMILES string of the molecule is CC(=O)N(CCC1CCC(C)N1C)CC(C=O)NC(=O)OC(C)(C)C.O=CO. The molecule has 1 fully saturated rings. The first kappa shape index (κ1) is 25.8. The van der Waals surface area contributed by atoms with Crippen LogP contribution < -0.4 is 5.32 Å². The number of ether oxygens (including phenoxy) is 1. The number of aldehydes is 1. The van der Waals surface area contributed by atoms with Crippen molar-refractivity contribution in [1.29, 1.82) is 0 Å². The Balaban J connectivity index is 0.00000227. The zero-order valence-electron chi connectivity index (χ0n) is 17.8. The van der Waals surface area contributed by atoms with Gasteiger partial charge in [-0.1, -0.05) is 0 Å². The van der Waals surface area contributed by atoms with Crippen LogP contribution in [-0.4, -0.2) is 83.5 Å². The summed E-state index contributed by atoms with van der Waals surface area (Å²) in [7, 11) is 2.11. The van der Waals surface area contributed by atoms with Gasteiger partial charge in [0, 0.05) is 32.1 Å². The van der Waals surface area contributed by atoms with Crippen LogP contribution in [0.3, 0.4) is 0 Å². The number of alkyl carbamates (subject to hydrolysis) is 1. The van der Waals surface area contributed by atoms with E-state index in [0.717, 1.165) is 12.8 Å². The second-order valence-corrected chi connectivity index (χ2v) is 7.99. The maximum atomic E-state index is 11.9. The minimum absolute atomic E-state index is 0.105. The van der Waals surface area contributed by atoms with Crippen molar-refractivity contribution in [2.75, 3.05) is 20.1 Å². The third-order valence-electron chi connectivity index (χ3n) is 4.65. The summed E-state index contributed by atoms with van der Waals surface area (Å²) in [6.45, 7) is 9.42. The highest BCUT2D eigenvalue weighted by Crippen LogP contribution is 2.24. The molecule has 3 atom stereocenters. The Hall–Kier alpha value is -2.16. The van der Waals surface area contributed by atoms with E-state index >= 15 is 0 Å². The molecule has 0 spiro atoms. The maximum absolute atomic E-state index is 11.9. The van der Waals surface area contributed by atoms with E-state index in [0.29, 0.717) is 24.9 Å². The smallest absolute Gasteiger partial charge is 0.408 e. The monoisotopic (exact) mass is 401 g/mol. The van der Waals surface area contributed by atoms with Gasteiger partial charge in [0.25, 0.3) is 6.47 Å². The highest BCUT2D eigenvalue weighted by molar-refractivity contribution is 5.76. The number of carbonyl (C=O) groups is 4. The van der Waals surface area contributed by atoms with Gasteiger partial charge in [-0.05, 0) is 54.0 Å². The number of nitrogens with zero attached hydrogens (tertiary/aromatic N) is 2. The van der Waals surface area contributed by atoms with Gasteiger partial charge in [-0.25, -0.2) is 4.79 Å². The Labute approximate surface area is 167 Å². The van der Waals surface area contributed by atoms with Gasteiger partial charge in [0.2, 0.25) is 5.91 Å². The fourth-order valence-corrected chi connectivity index (χ4v) is 3.05. The Morgan fingerprint density at radius 3 is 2.29 bits per heavy atom. The number of hydrogen-bond acceptors (Lipinski definition) is 6. The lowest BCUT2D eigenvalue weighted by molar-refractivity contribution is -0.129. The van der Waals surface area contributed by atoms with Gasteiger partial charge in [0.15, 0.2) is 0 Å². The van der Waals surface area contributed by atoms with Gasteiger partial charge in [0.05, 0.1) is 0 Å². The molecule has 2 amide bonds. The molecule has 0 bridgehead atoms. The van der Waals surface area contributed by atoms with Crippen LogP contribution in [0.2, 0.25) is 0 Å². The van der Waals surface area contributed by atoms with Crippen molar-refractivity contribution >= 4 is 24.8 Å². The molecule has 0 aromatic rings. The van der Waals surface area contributed by atoms with Crippen LogP contribution in [0, 0.1) is 0 Å². The quantitative estimate of drug-likeness (QED) is 0.621. The Bertz CT molecular complexity index is 520. The molecular weight excluding hydrogens is 366 g/mol. The number of nitrogens with one attached hydrogen (secondary N) is 1. The molecule has 9 nitrogen and oxygen atoms in total. The fourth-order valence-electron chi connectivity index (χ4n) is 3.05. The molecule has 1 saturated heterocycles. The van der Waals surface area contributed by atoms with E-state index in [1.807, 2.05) is 0 Å². The summed E-state index contributed by atoms with van der Waals surface area (Å²) in [6.07, 6.45) is 3.13. The summed E-state index contributed by atoms with van der Waals surface area (Å²) >= 11 is 0. The van der Waals surface area contributed by atoms with Crippen molar-refractivity contribution in [3.05, 3.63) is 0 Å². The zero-order chi connectivity index (χ0) is 21.9.